The van der Waals surface area contributed by atoms with Crippen LogP contribution in [0.5, 0.6) is 0 Å². The van der Waals surface area contributed by atoms with Gasteiger partial charge in [0.15, 0.2) is 5.65 Å². The van der Waals surface area contributed by atoms with Crippen molar-refractivity contribution in [1.29, 1.82) is 0 Å². The fourth-order valence-electron chi connectivity index (χ4n) is 3.71. The molecule has 172 valence electrons. The molecular weight excluding hydrogens is 467 g/mol. The molecule has 0 bridgehead atoms. The van der Waals surface area contributed by atoms with E-state index in [0.717, 1.165) is 27.9 Å². The Labute approximate surface area is 186 Å². The van der Waals surface area contributed by atoms with Gasteiger partial charge in [-0.05, 0) is 36.4 Å². The maximum Gasteiger partial charge on any atom is 0.417 e. The van der Waals surface area contributed by atoms with Gasteiger partial charge in [-0.3, -0.25) is 9.20 Å². The van der Waals surface area contributed by atoms with Crippen LogP contribution in [-0.4, -0.2) is 64.8 Å². The van der Waals surface area contributed by atoms with Crippen LogP contribution in [0.4, 0.5) is 13.2 Å². The highest BCUT2D eigenvalue weighted by atomic mass is 32.2. The molecule has 0 radical (unpaired) electrons. The van der Waals surface area contributed by atoms with Gasteiger partial charge in [0.05, 0.1) is 12.1 Å². The van der Waals surface area contributed by atoms with Crippen molar-refractivity contribution >= 4 is 32.9 Å². The number of piperidine rings is 1. The third-order valence-electron chi connectivity index (χ3n) is 5.41. The zero-order valence-corrected chi connectivity index (χ0v) is 18.6. The van der Waals surface area contributed by atoms with E-state index in [4.69, 9.17) is 0 Å². The number of alkyl halides is 3. The van der Waals surface area contributed by atoms with Crippen molar-refractivity contribution < 1.29 is 26.4 Å². The quantitative estimate of drug-likeness (QED) is 0.552. The number of hydrogen-bond acceptors (Lipinski definition) is 6. The van der Waals surface area contributed by atoms with Gasteiger partial charge >= 0.3 is 6.18 Å². The molecule has 0 saturated carbocycles. The van der Waals surface area contributed by atoms with Gasteiger partial charge in [0.2, 0.25) is 5.91 Å². The fourth-order valence-corrected chi connectivity index (χ4v) is 6.03. The lowest BCUT2D eigenvalue weighted by molar-refractivity contribution is -0.137. The molecule has 0 aromatic carbocycles. The molecule has 8 nitrogen and oxygen atoms in total. The summed E-state index contributed by atoms with van der Waals surface area (Å²) >= 11 is 1.07. The molecule has 0 aliphatic carbocycles. The molecule has 1 aliphatic rings. The van der Waals surface area contributed by atoms with E-state index in [1.54, 1.807) is 11.4 Å². The molecule has 0 N–H and O–H groups in total. The lowest BCUT2D eigenvalue weighted by Gasteiger charge is -2.33. The van der Waals surface area contributed by atoms with E-state index in [-0.39, 0.29) is 29.1 Å². The van der Waals surface area contributed by atoms with Crippen LogP contribution in [0.15, 0.2) is 40.1 Å². The molecule has 1 fully saturated rings. The van der Waals surface area contributed by atoms with Crippen molar-refractivity contribution in [3.8, 4) is 0 Å². The number of pyridine rings is 1. The summed E-state index contributed by atoms with van der Waals surface area (Å²) in [6.07, 6.45) is -2.29. The predicted molar refractivity (Wildman–Crippen MR) is 111 cm³/mol. The van der Waals surface area contributed by atoms with Gasteiger partial charge in [0.25, 0.3) is 10.0 Å². The van der Waals surface area contributed by atoms with Gasteiger partial charge in [-0.2, -0.15) is 17.5 Å². The molecule has 1 unspecified atom stereocenters. The molecule has 13 heteroatoms. The number of sulfonamides is 1. The Morgan fingerprint density at radius 3 is 2.75 bits per heavy atom. The van der Waals surface area contributed by atoms with Crippen LogP contribution < -0.4 is 0 Å². The van der Waals surface area contributed by atoms with Crippen molar-refractivity contribution in [2.75, 3.05) is 26.7 Å². The van der Waals surface area contributed by atoms with Crippen LogP contribution in [0.25, 0.3) is 5.65 Å². The molecule has 3 aromatic heterocycles. The minimum absolute atomic E-state index is 0.153. The number of carbonyl (C=O) groups excluding carboxylic acids is 1. The summed E-state index contributed by atoms with van der Waals surface area (Å²) in [4.78, 5) is 14.4. The third-order valence-corrected chi connectivity index (χ3v) is 8.59. The Bertz CT molecular complexity index is 1220. The zero-order chi connectivity index (χ0) is 23.1. The first-order valence-corrected chi connectivity index (χ1v) is 12.1. The number of nitrogens with zero attached hydrogens (tertiary/aromatic N) is 5. The van der Waals surface area contributed by atoms with Crippen LogP contribution in [0.3, 0.4) is 0 Å². The van der Waals surface area contributed by atoms with Crippen LogP contribution in [-0.2, 0) is 21.0 Å². The molecule has 3 aromatic rings. The van der Waals surface area contributed by atoms with Gasteiger partial charge in [-0.1, -0.05) is 6.07 Å². The van der Waals surface area contributed by atoms with Gasteiger partial charge in [0, 0.05) is 32.3 Å². The average Bonchev–Trinajstić information content (AvgIpc) is 3.43. The predicted octanol–water partition coefficient (Wildman–Crippen LogP) is 2.84. The normalized spacial score (nSPS) is 17.9. The van der Waals surface area contributed by atoms with Crippen molar-refractivity contribution in [2.24, 2.45) is 0 Å². The summed E-state index contributed by atoms with van der Waals surface area (Å²) in [7, 11) is -2.42. The van der Waals surface area contributed by atoms with Crippen molar-refractivity contribution in [3.63, 3.8) is 0 Å². The number of rotatable bonds is 5. The van der Waals surface area contributed by atoms with E-state index in [1.807, 2.05) is 0 Å². The Kier molecular flexibility index (Phi) is 5.98. The van der Waals surface area contributed by atoms with Crippen molar-refractivity contribution in [1.82, 2.24) is 23.8 Å². The first kappa shape index (κ1) is 22.7. The lowest BCUT2D eigenvalue weighted by Crippen LogP contribution is -2.45. The van der Waals surface area contributed by atoms with E-state index in [1.165, 1.54) is 28.5 Å². The monoisotopic (exact) mass is 487 g/mol. The molecule has 1 amide bonds. The largest absolute Gasteiger partial charge is 0.417 e. The van der Waals surface area contributed by atoms with Gasteiger partial charge < -0.3 is 4.90 Å². The van der Waals surface area contributed by atoms with Gasteiger partial charge in [-0.25, -0.2) is 8.42 Å². The highest BCUT2D eigenvalue weighted by Crippen LogP contribution is 2.31. The highest BCUT2D eigenvalue weighted by Gasteiger charge is 2.33. The van der Waals surface area contributed by atoms with E-state index >= 15 is 0 Å². The minimum Gasteiger partial charge on any atom is -0.341 e. The Morgan fingerprint density at radius 2 is 2.06 bits per heavy atom. The number of likely N-dealkylation sites (tertiary alicyclic amines) is 1. The maximum absolute atomic E-state index is 13.1. The summed E-state index contributed by atoms with van der Waals surface area (Å²) in [5.41, 5.74) is -0.520. The topological polar surface area (TPSA) is 87.9 Å². The van der Waals surface area contributed by atoms with Crippen molar-refractivity contribution in [2.45, 2.75) is 29.1 Å². The van der Waals surface area contributed by atoms with Crippen LogP contribution in [0.2, 0.25) is 0 Å². The van der Waals surface area contributed by atoms with E-state index < -0.39 is 21.8 Å². The Hall–Kier alpha value is -2.51. The minimum atomic E-state index is -4.50. The number of fused-ring (bicyclic) bond motifs is 1. The molecule has 4 heterocycles. The number of thiophene rings is 1. The Morgan fingerprint density at radius 1 is 1.28 bits per heavy atom. The van der Waals surface area contributed by atoms with Crippen molar-refractivity contribution in [3.05, 3.63) is 47.2 Å². The third kappa shape index (κ3) is 4.36. The average molecular weight is 488 g/mol. The molecule has 4 rings (SSSR count). The summed E-state index contributed by atoms with van der Waals surface area (Å²) in [6.45, 7) is 0.335. The second kappa shape index (κ2) is 8.45. The Balaban J connectivity index is 1.51. The number of carbonyl (C=O) groups is 1. The van der Waals surface area contributed by atoms with Crippen LogP contribution >= 0.6 is 11.3 Å². The number of hydrogen-bond donors (Lipinski definition) is 0. The molecule has 1 atom stereocenters. The second-order valence-corrected chi connectivity index (χ2v) is 10.8. The first-order valence-electron chi connectivity index (χ1n) is 9.77. The molecule has 32 heavy (non-hydrogen) atoms. The zero-order valence-electron chi connectivity index (χ0n) is 17.0. The summed E-state index contributed by atoms with van der Waals surface area (Å²) in [5, 5.41) is 9.67. The number of likely N-dealkylation sites (N-methyl/N-ethyl adjacent to an activating group) is 1. The molecular formula is C19H20F3N5O3S2. The van der Waals surface area contributed by atoms with E-state index in [2.05, 4.69) is 10.2 Å². The van der Waals surface area contributed by atoms with Gasteiger partial charge in [0.1, 0.15) is 10.0 Å². The standard InChI is InChI=1S/C19H20F3N5O3S2/c1-25(32(29,30)17-5-3-9-31-17)12-16(28)26-8-2-4-13(10-26)18-24-23-15-7-6-14(11-27(15)18)19(20,21)22/h3,5-7,9,11,13H,2,4,8,10,12H2,1H3. The maximum atomic E-state index is 13.1. The SMILES string of the molecule is CN(CC(=O)N1CCCC(c2nnc3ccc(C(F)(F)F)cn23)C1)S(=O)(=O)c1cccs1. The first-order chi connectivity index (χ1) is 15.1. The smallest absolute Gasteiger partial charge is 0.341 e. The number of halogens is 3. The van der Waals surface area contributed by atoms with Crippen LogP contribution in [0, 0.1) is 0 Å². The summed E-state index contributed by atoms with van der Waals surface area (Å²) < 4.78 is 67.0. The van der Waals surface area contributed by atoms with E-state index in [9.17, 15) is 26.4 Å². The summed E-state index contributed by atoms with van der Waals surface area (Å²) in [5.74, 6) is -0.337. The number of aromatic nitrogens is 3. The molecule has 1 saturated heterocycles. The fraction of sp³-hybridized carbons (Fsp3) is 0.421. The second-order valence-electron chi connectivity index (χ2n) is 7.57. The molecule has 1 aliphatic heterocycles. The van der Waals surface area contributed by atoms with E-state index in [0.29, 0.717) is 30.9 Å². The number of amides is 1. The summed E-state index contributed by atoms with van der Waals surface area (Å²) in [6, 6.07) is 5.31. The van der Waals surface area contributed by atoms with Gasteiger partial charge in [-0.15, -0.1) is 21.5 Å². The van der Waals surface area contributed by atoms with Crippen LogP contribution in [0.1, 0.15) is 30.1 Å². The molecule has 0 spiro atoms. The lowest BCUT2D eigenvalue weighted by atomic mass is 9.97. The highest BCUT2D eigenvalue weighted by molar-refractivity contribution is 7.91.